The molecule has 0 spiro atoms. The average Bonchev–Trinajstić information content (AvgIpc) is 2.57. The molecule has 0 radical (unpaired) electrons. The van der Waals surface area contributed by atoms with Crippen LogP contribution in [0.15, 0.2) is 22.7 Å². The number of hydrogen-bond acceptors (Lipinski definition) is 2. The van der Waals surface area contributed by atoms with Crippen LogP contribution < -0.4 is 0 Å². The van der Waals surface area contributed by atoms with Crippen molar-refractivity contribution in [2.75, 3.05) is 14.2 Å². The molecule has 76 valence electrons. The molecule has 0 heterocycles. The predicted octanol–water partition coefficient (Wildman–Crippen LogP) is 2.84. The van der Waals surface area contributed by atoms with Gasteiger partial charge in [-0.1, -0.05) is 22.0 Å². The molecule has 0 aliphatic heterocycles. The predicted molar refractivity (Wildman–Crippen MR) is 58.2 cm³/mol. The van der Waals surface area contributed by atoms with Crippen LogP contribution in [-0.4, -0.2) is 14.2 Å². The van der Waals surface area contributed by atoms with Gasteiger partial charge in [0.05, 0.1) is 0 Å². The third-order valence-electron chi connectivity index (χ3n) is 2.87. The maximum absolute atomic E-state index is 5.49. The van der Waals surface area contributed by atoms with Crippen LogP contribution in [0.25, 0.3) is 0 Å². The zero-order valence-electron chi connectivity index (χ0n) is 8.34. The Morgan fingerprint density at radius 2 is 2.00 bits per heavy atom. The summed E-state index contributed by atoms with van der Waals surface area (Å²) in [5, 5.41) is 0. The molecule has 0 atom stereocenters. The Morgan fingerprint density at radius 1 is 1.29 bits per heavy atom. The van der Waals surface area contributed by atoms with Crippen LogP contribution in [0.4, 0.5) is 0 Å². The van der Waals surface area contributed by atoms with E-state index in [0.29, 0.717) is 0 Å². The number of aryl methyl sites for hydroxylation is 1. The van der Waals surface area contributed by atoms with Crippen molar-refractivity contribution in [1.29, 1.82) is 0 Å². The Morgan fingerprint density at radius 3 is 2.64 bits per heavy atom. The molecule has 2 rings (SSSR count). The quantitative estimate of drug-likeness (QED) is 0.758. The monoisotopic (exact) mass is 256 g/mol. The van der Waals surface area contributed by atoms with Crippen molar-refractivity contribution in [1.82, 2.24) is 0 Å². The number of rotatable bonds is 2. The molecule has 0 aromatic heterocycles. The maximum Gasteiger partial charge on any atom is 0.194 e. The summed E-state index contributed by atoms with van der Waals surface area (Å²) in [6, 6.07) is 6.26. The van der Waals surface area contributed by atoms with E-state index in [2.05, 4.69) is 34.1 Å². The van der Waals surface area contributed by atoms with E-state index >= 15 is 0 Å². The van der Waals surface area contributed by atoms with E-state index in [1.807, 2.05) is 0 Å². The Balaban J connectivity index is 2.51. The van der Waals surface area contributed by atoms with Gasteiger partial charge in [0, 0.05) is 30.7 Å². The molecule has 0 saturated carbocycles. The smallest absolute Gasteiger partial charge is 0.194 e. The first kappa shape index (κ1) is 10.1. The first-order valence-electron chi connectivity index (χ1n) is 4.61. The van der Waals surface area contributed by atoms with Crippen molar-refractivity contribution in [2.24, 2.45) is 0 Å². The van der Waals surface area contributed by atoms with Gasteiger partial charge in [-0.25, -0.2) is 0 Å². The summed E-state index contributed by atoms with van der Waals surface area (Å²) in [5.41, 5.74) is 2.47. The van der Waals surface area contributed by atoms with Crippen molar-refractivity contribution < 1.29 is 9.47 Å². The van der Waals surface area contributed by atoms with Crippen LogP contribution in [0.1, 0.15) is 17.5 Å². The summed E-state index contributed by atoms with van der Waals surface area (Å²) < 4.78 is 12.0. The minimum absolute atomic E-state index is 0.529. The minimum Gasteiger partial charge on any atom is -0.349 e. The van der Waals surface area contributed by atoms with Gasteiger partial charge in [-0.05, 0) is 24.1 Å². The number of ether oxygens (including phenoxy) is 2. The molecule has 0 saturated heterocycles. The highest BCUT2D eigenvalue weighted by Crippen LogP contribution is 2.41. The van der Waals surface area contributed by atoms with Gasteiger partial charge in [-0.15, -0.1) is 0 Å². The second-order valence-electron chi connectivity index (χ2n) is 3.46. The molecule has 0 fully saturated rings. The Kier molecular flexibility index (Phi) is 2.64. The minimum atomic E-state index is -0.529. The lowest BCUT2D eigenvalue weighted by Gasteiger charge is -2.27. The van der Waals surface area contributed by atoms with Gasteiger partial charge in [-0.2, -0.15) is 0 Å². The van der Waals surface area contributed by atoms with Crippen LogP contribution in [0.5, 0.6) is 0 Å². The van der Waals surface area contributed by atoms with Crippen molar-refractivity contribution in [3.63, 3.8) is 0 Å². The zero-order chi connectivity index (χ0) is 10.2. The number of benzene rings is 1. The normalized spacial score (nSPS) is 18.2. The van der Waals surface area contributed by atoms with Crippen molar-refractivity contribution in [3.05, 3.63) is 33.8 Å². The zero-order valence-corrected chi connectivity index (χ0v) is 9.93. The Bertz CT molecular complexity index is 345. The van der Waals surface area contributed by atoms with E-state index in [1.54, 1.807) is 14.2 Å². The standard InChI is InChI=1S/C11H13BrO2/c1-13-11(14-2)6-5-8-3-4-9(12)7-10(8)11/h3-4,7H,5-6H2,1-2H3. The van der Waals surface area contributed by atoms with Gasteiger partial charge in [0.2, 0.25) is 0 Å². The van der Waals surface area contributed by atoms with Crippen molar-refractivity contribution in [3.8, 4) is 0 Å². The molecule has 2 nitrogen and oxygen atoms in total. The fourth-order valence-electron chi connectivity index (χ4n) is 2.06. The van der Waals surface area contributed by atoms with Crippen LogP contribution in [-0.2, 0) is 21.7 Å². The molecule has 0 unspecified atom stereocenters. The second-order valence-corrected chi connectivity index (χ2v) is 4.38. The number of fused-ring (bicyclic) bond motifs is 1. The third-order valence-corrected chi connectivity index (χ3v) is 3.36. The molecule has 0 amide bonds. The molecule has 14 heavy (non-hydrogen) atoms. The summed E-state index contributed by atoms with van der Waals surface area (Å²) in [6.07, 6.45) is 1.91. The van der Waals surface area contributed by atoms with Crippen LogP contribution in [0, 0.1) is 0 Å². The number of halogens is 1. The van der Waals surface area contributed by atoms with Crippen LogP contribution in [0.3, 0.4) is 0 Å². The molecule has 1 aliphatic rings. The highest BCUT2D eigenvalue weighted by atomic mass is 79.9. The van der Waals surface area contributed by atoms with Gasteiger partial charge in [0.1, 0.15) is 0 Å². The molecule has 0 bridgehead atoms. The summed E-state index contributed by atoms with van der Waals surface area (Å²) in [5.74, 6) is -0.529. The molecule has 1 aromatic carbocycles. The van der Waals surface area contributed by atoms with Crippen molar-refractivity contribution >= 4 is 15.9 Å². The highest BCUT2D eigenvalue weighted by molar-refractivity contribution is 9.10. The van der Waals surface area contributed by atoms with E-state index in [0.717, 1.165) is 22.9 Å². The maximum atomic E-state index is 5.49. The average molecular weight is 257 g/mol. The Labute approximate surface area is 92.3 Å². The van der Waals surface area contributed by atoms with E-state index in [9.17, 15) is 0 Å². The first-order chi connectivity index (χ1) is 6.72. The number of hydrogen-bond donors (Lipinski definition) is 0. The second kappa shape index (κ2) is 3.65. The van der Waals surface area contributed by atoms with Crippen molar-refractivity contribution in [2.45, 2.75) is 18.6 Å². The summed E-state index contributed by atoms with van der Waals surface area (Å²) in [6.45, 7) is 0. The molecular formula is C11H13BrO2. The van der Waals surface area contributed by atoms with E-state index in [4.69, 9.17) is 9.47 Å². The summed E-state index contributed by atoms with van der Waals surface area (Å²) in [4.78, 5) is 0. The highest BCUT2D eigenvalue weighted by Gasteiger charge is 2.39. The topological polar surface area (TPSA) is 18.5 Å². The van der Waals surface area contributed by atoms with E-state index in [1.165, 1.54) is 5.56 Å². The van der Waals surface area contributed by atoms with Crippen LogP contribution >= 0.6 is 15.9 Å². The van der Waals surface area contributed by atoms with Gasteiger partial charge in [-0.3, -0.25) is 0 Å². The number of methoxy groups -OCH3 is 2. The SMILES string of the molecule is COC1(OC)CCc2ccc(Br)cc21. The molecule has 3 heteroatoms. The summed E-state index contributed by atoms with van der Waals surface area (Å²) in [7, 11) is 3.39. The molecule has 1 aliphatic carbocycles. The fraction of sp³-hybridized carbons (Fsp3) is 0.455. The first-order valence-corrected chi connectivity index (χ1v) is 5.40. The van der Waals surface area contributed by atoms with Gasteiger partial charge in [0.25, 0.3) is 0 Å². The van der Waals surface area contributed by atoms with Crippen LogP contribution in [0.2, 0.25) is 0 Å². The lowest BCUT2D eigenvalue weighted by Crippen LogP contribution is -2.27. The fourth-order valence-corrected chi connectivity index (χ4v) is 2.42. The molecule has 0 N–H and O–H groups in total. The Hall–Kier alpha value is -0.380. The summed E-state index contributed by atoms with van der Waals surface area (Å²) >= 11 is 3.46. The molecular weight excluding hydrogens is 244 g/mol. The van der Waals surface area contributed by atoms with E-state index < -0.39 is 5.79 Å². The van der Waals surface area contributed by atoms with Gasteiger partial charge < -0.3 is 9.47 Å². The lowest BCUT2D eigenvalue weighted by atomic mass is 10.1. The lowest BCUT2D eigenvalue weighted by molar-refractivity contribution is -0.213. The van der Waals surface area contributed by atoms with Gasteiger partial charge in [0.15, 0.2) is 5.79 Å². The molecule has 1 aromatic rings. The largest absolute Gasteiger partial charge is 0.349 e. The van der Waals surface area contributed by atoms with Gasteiger partial charge >= 0.3 is 0 Å². The third kappa shape index (κ3) is 1.40. The van der Waals surface area contributed by atoms with E-state index in [-0.39, 0.29) is 0 Å².